The van der Waals surface area contributed by atoms with Gasteiger partial charge in [-0.15, -0.1) is 0 Å². The second-order valence-electron chi connectivity index (χ2n) is 15.9. The maximum atomic E-state index is 5.14. The van der Waals surface area contributed by atoms with Crippen LogP contribution in [0.1, 0.15) is 16.7 Å². The number of para-hydroxylation sites is 3. The number of fused-ring (bicyclic) bond motifs is 6. The number of aromatic nitrogens is 2. The van der Waals surface area contributed by atoms with Crippen molar-refractivity contribution in [2.24, 2.45) is 9.98 Å². The van der Waals surface area contributed by atoms with Crippen molar-refractivity contribution in [3.05, 3.63) is 247 Å². The Kier molecular flexibility index (Phi) is 9.72. The van der Waals surface area contributed by atoms with Crippen LogP contribution in [0.15, 0.2) is 241 Å². The van der Waals surface area contributed by atoms with Gasteiger partial charge in [0.1, 0.15) is 0 Å². The standard InChI is InChI=1S/C59H42N4/c1-60-59(42-19-7-3-8-20-42)61-54(35-31-41-17-5-2-6-18-41)47-23-15-21-43(37-47)46-32-34-52-50-27-11-13-29-55(50)63(58(52)40-46)49-26-16-22-44(38-49)45-33-36-57-53(39-45)51-28-12-14-30-56(51)62(57)48-24-9-4-10-25-48/h2-30,32-40H,1,31H2/b54-35-,61-59-. The van der Waals surface area contributed by atoms with Crippen LogP contribution in [0.2, 0.25) is 0 Å². The summed E-state index contributed by atoms with van der Waals surface area (Å²) in [7, 11) is 0. The predicted octanol–water partition coefficient (Wildman–Crippen LogP) is 14.9. The summed E-state index contributed by atoms with van der Waals surface area (Å²) in [5.74, 6) is 0.590. The molecule has 0 radical (unpaired) electrons. The van der Waals surface area contributed by atoms with Crippen LogP contribution in [0.4, 0.5) is 0 Å². The monoisotopic (exact) mass is 806 g/mol. The van der Waals surface area contributed by atoms with E-state index in [4.69, 9.17) is 4.99 Å². The summed E-state index contributed by atoms with van der Waals surface area (Å²) < 4.78 is 4.78. The van der Waals surface area contributed by atoms with Gasteiger partial charge in [0, 0.05) is 44.0 Å². The van der Waals surface area contributed by atoms with Crippen LogP contribution in [-0.4, -0.2) is 21.7 Å². The van der Waals surface area contributed by atoms with Crippen LogP contribution < -0.4 is 0 Å². The molecule has 2 heterocycles. The molecule has 11 rings (SSSR count). The predicted molar refractivity (Wildman–Crippen MR) is 267 cm³/mol. The summed E-state index contributed by atoms with van der Waals surface area (Å²) in [6, 6.07) is 80.0. The number of hydrogen-bond donors (Lipinski definition) is 0. The second kappa shape index (κ2) is 16.3. The maximum absolute atomic E-state index is 5.14. The molecule has 0 saturated carbocycles. The van der Waals surface area contributed by atoms with E-state index in [2.05, 4.69) is 215 Å². The van der Waals surface area contributed by atoms with Crippen molar-refractivity contribution in [3.8, 4) is 33.6 Å². The van der Waals surface area contributed by atoms with E-state index in [9.17, 15) is 0 Å². The van der Waals surface area contributed by atoms with Gasteiger partial charge in [-0.2, -0.15) is 0 Å². The van der Waals surface area contributed by atoms with Gasteiger partial charge in [0.15, 0.2) is 5.84 Å². The molecule has 2 aromatic heterocycles. The van der Waals surface area contributed by atoms with Crippen LogP contribution >= 0.6 is 0 Å². The Morgan fingerprint density at radius 2 is 0.921 bits per heavy atom. The molecule has 0 amide bonds. The zero-order valence-electron chi connectivity index (χ0n) is 34.6. The number of rotatable bonds is 9. The Bertz CT molecular complexity index is 3540. The van der Waals surface area contributed by atoms with Gasteiger partial charge in [-0.05, 0) is 102 Å². The van der Waals surface area contributed by atoms with E-state index in [1.165, 1.54) is 54.8 Å². The van der Waals surface area contributed by atoms with Gasteiger partial charge in [-0.1, -0.05) is 170 Å². The third-order valence-corrected chi connectivity index (χ3v) is 12.1. The fourth-order valence-corrected chi connectivity index (χ4v) is 9.07. The molecule has 4 heteroatoms. The van der Waals surface area contributed by atoms with Gasteiger partial charge >= 0.3 is 0 Å². The lowest BCUT2D eigenvalue weighted by Gasteiger charge is -2.12. The maximum Gasteiger partial charge on any atom is 0.159 e. The molecule has 0 unspecified atom stereocenters. The zero-order valence-corrected chi connectivity index (χ0v) is 34.6. The summed E-state index contributed by atoms with van der Waals surface area (Å²) in [6.07, 6.45) is 2.93. The molecule has 9 aromatic carbocycles. The minimum atomic E-state index is 0.590. The van der Waals surface area contributed by atoms with E-state index in [1.807, 2.05) is 36.4 Å². The van der Waals surface area contributed by atoms with Crippen molar-refractivity contribution in [1.82, 2.24) is 9.13 Å². The number of benzene rings is 9. The van der Waals surface area contributed by atoms with Crippen molar-refractivity contribution in [3.63, 3.8) is 0 Å². The van der Waals surface area contributed by atoms with Gasteiger partial charge in [-0.25, -0.2) is 9.98 Å². The molecule has 0 fully saturated rings. The van der Waals surface area contributed by atoms with E-state index < -0.39 is 0 Å². The van der Waals surface area contributed by atoms with Crippen molar-refractivity contribution < 1.29 is 0 Å². The van der Waals surface area contributed by atoms with E-state index in [1.54, 1.807) is 0 Å². The Morgan fingerprint density at radius 3 is 1.67 bits per heavy atom. The molecule has 0 aliphatic rings. The molecule has 0 saturated heterocycles. The van der Waals surface area contributed by atoms with Crippen molar-refractivity contribution in [2.45, 2.75) is 6.42 Å². The molecule has 0 atom stereocenters. The Labute approximate surface area is 366 Å². The fraction of sp³-hybridized carbons (Fsp3) is 0.0169. The highest BCUT2D eigenvalue weighted by Crippen LogP contribution is 2.38. The number of hydrogen-bond acceptors (Lipinski definition) is 1. The molecule has 0 spiro atoms. The first kappa shape index (κ1) is 37.6. The molecule has 0 bridgehead atoms. The van der Waals surface area contributed by atoms with Crippen molar-refractivity contribution in [1.29, 1.82) is 0 Å². The van der Waals surface area contributed by atoms with E-state index in [0.29, 0.717) is 5.84 Å². The average molecular weight is 807 g/mol. The van der Waals surface area contributed by atoms with E-state index in [0.717, 1.165) is 51.3 Å². The van der Waals surface area contributed by atoms with Gasteiger partial charge in [-0.3, -0.25) is 0 Å². The van der Waals surface area contributed by atoms with Crippen LogP contribution in [0, 0.1) is 0 Å². The van der Waals surface area contributed by atoms with Gasteiger partial charge in [0.2, 0.25) is 0 Å². The topological polar surface area (TPSA) is 34.6 Å². The van der Waals surface area contributed by atoms with Gasteiger partial charge < -0.3 is 9.13 Å². The lowest BCUT2D eigenvalue weighted by atomic mass is 9.99. The summed E-state index contributed by atoms with van der Waals surface area (Å²) in [5.41, 5.74) is 15.6. The van der Waals surface area contributed by atoms with E-state index in [-0.39, 0.29) is 0 Å². The molecule has 0 aliphatic carbocycles. The van der Waals surface area contributed by atoms with Gasteiger partial charge in [0.05, 0.1) is 27.8 Å². The van der Waals surface area contributed by atoms with Gasteiger partial charge in [0.25, 0.3) is 0 Å². The summed E-state index contributed by atoms with van der Waals surface area (Å²) in [5, 5.41) is 4.91. The highest BCUT2D eigenvalue weighted by Gasteiger charge is 2.17. The molecule has 4 nitrogen and oxygen atoms in total. The Balaban J connectivity index is 1.01. The van der Waals surface area contributed by atoms with Crippen LogP contribution in [-0.2, 0) is 6.42 Å². The number of aliphatic imine (C=N–C) groups is 2. The number of amidine groups is 1. The molecule has 298 valence electrons. The Morgan fingerprint density at radius 1 is 0.397 bits per heavy atom. The third kappa shape index (κ3) is 7.04. The van der Waals surface area contributed by atoms with Crippen LogP contribution in [0.25, 0.3) is 82.9 Å². The summed E-state index contributed by atoms with van der Waals surface area (Å²) in [6.45, 7) is 3.89. The molecule has 0 aliphatic heterocycles. The lowest BCUT2D eigenvalue weighted by molar-refractivity contribution is 1.18. The number of nitrogens with zero attached hydrogens (tertiary/aromatic N) is 4. The first-order valence-electron chi connectivity index (χ1n) is 21.4. The summed E-state index contributed by atoms with van der Waals surface area (Å²) >= 11 is 0. The smallest absolute Gasteiger partial charge is 0.159 e. The fourth-order valence-electron chi connectivity index (χ4n) is 9.07. The normalized spacial score (nSPS) is 12.1. The van der Waals surface area contributed by atoms with Crippen LogP contribution in [0.5, 0.6) is 0 Å². The first-order valence-corrected chi connectivity index (χ1v) is 21.4. The second-order valence-corrected chi connectivity index (χ2v) is 15.9. The molecule has 0 N–H and O–H groups in total. The number of allylic oxidation sites excluding steroid dienone is 1. The molecule has 11 aromatic rings. The van der Waals surface area contributed by atoms with Crippen molar-refractivity contribution in [2.75, 3.05) is 0 Å². The largest absolute Gasteiger partial charge is 0.309 e. The highest BCUT2D eigenvalue weighted by atomic mass is 15.0. The summed E-state index contributed by atoms with van der Waals surface area (Å²) in [4.78, 5) is 9.51. The quantitative estimate of drug-likeness (QED) is 0.103. The SMILES string of the molecule is C=N/C(=N\C(=C/Cc1ccccc1)c1cccc(-c2ccc3c4ccccc4n(-c4cccc(-c5ccc6c(c5)c5ccccc5n6-c5ccccc5)c4)c3c2)c1)c1ccccc1. The minimum Gasteiger partial charge on any atom is -0.309 e. The molecule has 63 heavy (non-hydrogen) atoms. The zero-order chi connectivity index (χ0) is 42.1. The van der Waals surface area contributed by atoms with E-state index >= 15 is 0 Å². The lowest BCUT2D eigenvalue weighted by Crippen LogP contribution is -1.98. The Hall–Kier alpha value is -8.34. The van der Waals surface area contributed by atoms with Crippen molar-refractivity contribution >= 4 is 61.9 Å². The molecular formula is C59H42N4. The average Bonchev–Trinajstić information content (AvgIpc) is 3.87. The van der Waals surface area contributed by atoms with Crippen LogP contribution in [0.3, 0.4) is 0 Å². The minimum absolute atomic E-state index is 0.590. The first-order chi connectivity index (χ1) is 31.2. The highest BCUT2D eigenvalue weighted by molar-refractivity contribution is 6.12. The molecular weight excluding hydrogens is 765 g/mol. The third-order valence-electron chi connectivity index (χ3n) is 12.1.